The third-order valence-electron chi connectivity index (χ3n) is 4.40. The van der Waals surface area contributed by atoms with Crippen molar-refractivity contribution in [2.45, 2.75) is 31.5 Å². The van der Waals surface area contributed by atoms with Crippen LogP contribution < -0.4 is 10.8 Å². The number of carbonyl (C=O) groups is 1. The second kappa shape index (κ2) is 7.67. The van der Waals surface area contributed by atoms with Crippen LogP contribution in [0.15, 0.2) is 12.5 Å². The predicted molar refractivity (Wildman–Crippen MR) is 95.9 cm³/mol. The molecule has 1 saturated heterocycles. The number of imidazole rings is 1. The molecule has 0 radical (unpaired) electrons. The molecule has 29 heavy (non-hydrogen) atoms. The molecule has 4 atom stereocenters. The average molecular weight is 405 g/mol. The number of ether oxygens (including phenoxy) is 1. The predicted octanol–water partition coefficient (Wildman–Crippen LogP) is -1.66. The number of aromatic amines is 1. The van der Waals surface area contributed by atoms with Crippen LogP contribution in [0.4, 0.5) is 5.82 Å². The van der Waals surface area contributed by atoms with E-state index in [2.05, 4.69) is 41.2 Å². The van der Waals surface area contributed by atoms with Gasteiger partial charge < -0.3 is 20.3 Å². The number of rotatable bonds is 6. The monoisotopic (exact) mass is 405 g/mol. The molecular formula is C15H19N9O5. The lowest BCUT2D eigenvalue weighted by Gasteiger charge is -2.16. The second-order valence-electron chi connectivity index (χ2n) is 6.15. The van der Waals surface area contributed by atoms with Crippen LogP contribution >= 0.6 is 0 Å². The molecule has 3 aromatic rings. The van der Waals surface area contributed by atoms with Crippen LogP contribution in [0.25, 0.3) is 22.7 Å². The zero-order chi connectivity index (χ0) is 20.5. The molecule has 1 aliphatic heterocycles. The van der Waals surface area contributed by atoms with Crippen molar-refractivity contribution in [3.05, 3.63) is 12.5 Å². The minimum absolute atomic E-state index is 0.214. The third-order valence-corrected chi connectivity index (χ3v) is 4.40. The standard InChI is InChI=1S/C15H19N9O5/c1-3-28-22-12-7-13(20-11(19-12)6-4-18-23-21-6)24(5-17-7)15-9(26)8(25)10(29-15)14(27)16-2/h4-5,8-10,15,25-26H,3H2,1-2H3,(H,16,27)(H,18,21,23)(H,19,20,22)/t8-,9+,10?,15?/m0/s1. The van der Waals surface area contributed by atoms with Crippen LogP contribution in [0, 0.1) is 0 Å². The highest BCUT2D eigenvalue weighted by molar-refractivity contribution is 5.85. The fourth-order valence-corrected chi connectivity index (χ4v) is 2.99. The van der Waals surface area contributed by atoms with Crippen molar-refractivity contribution < 1.29 is 24.6 Å². The Bertz CT molecular complexity index is 1010. The van der Waals surface area contributed by atoms with Gasteiger partial charge in [0.25, 0.3) is 5.91 Å². The summed E-state index contributed by atoms with van der Waals surface area (Å²) in [6.45, 7) is 2.17. The summed E-state index contributed by atoms with van der Waals surface area (Å²) in [4.78, 5) is 30.2. The molecule has 0 bridgehead atoms. The molecule has 1 fully saturated rings. The van der Waals surface area contributed by atoms with Gasteiger partial charge in [-0.05, 0) is 6.92 Å². The van der Waals surface area contributed by atoms with Crippen molar-refractivity contribution in [2.75, 3.05) is 19.1 Å². The first-order valence-corrected chi connectivity index (χ1v) is 8.76. The van der Waals surface area contributed by atoms with Crippen molar-refractivity contribution >= 4 is 22.9 Å². The Morgan fingerprint density at radius 3 is 2.90 bits per heavy atom. The largest absolute Gasteiger partial charge is 0.387 e. The summed E-state index contributed by atoms with van der Waals surface area (Å²) in [5.74, 6) is -0.0735. The number of fused-ring (bicyclic) bond motifs is 1. The molecule has 4 heterocycles. The first-order chi connectivity index (χ1) is 14.0. The normalized spacial score (nSPS) is 24.1. The Kier molecular flexibility index (Phi) is 5.06. The summed E-state index contributed by atoms with van der Waals surface area (Å²) in [5, 5.41) is 33.3. The zero-order valence-corrected chi connectivity index (χ0v) is 15.5. The highest BCUT2D eigenvalue weighted by Gasteiger charge is 2.47. The maximum Gasteiger partial charge on any atom is 0.251 e. The van der Waals surface area contributed by atoms with E-state index < -0.39 is 30.4 Å². The molecule has 0 saturated carbocycles. The van der Waals surface area contributed by atoms with Gasteiger partial charge in [-0.15, -0.1) is 0 Å². The molecule has 2 unspecified atom stereocenters. The molecule has 0 aromatic carbocycles. The fraction of sp³-hybridized carbons (Fsp3) is 0.467. The van der Waals surface area contributed by atoms with Gasteiger partial charge in [0.2, 0.25) is 0 Å². The van der Waals surface area contributed by atoms with Gasteiger partial charge in [-0.1, -0.05) is 0 Å². The SMILES string of the molecule is CCONc1nc(-c2cn[nH]n2)nc2c1ncn2C1OC(C(=O)NC)[C@@H](O)[C@H]1O. The van der Waals surface area contributed by atoms with E-state index >= 15 is 0 Å². The number of aliphatic hydroxyl groups excluding tert-OH is 2. The molecule has 0 spiro atoms. The Labute approximate surface area is 163 Å². The molecule has 4 rings (SSSR count). The van der Waals surface area contributed by atoms with Gasteiger partial charge in [0.1, 0.15) is 17.9 Å². The number of carbonyl (C=O) groups excluding carboxylic acids is 1. The minimum atomic E-state index is -1.42. The number of aromatic nitrogens is 7. The maximum absolute atomic E-state index is 11.9. The number of anilines is 1. The summed E-state index contributed by atoms with van der Waals surface area (Å²) >= 11 is 0. The van der Waals surface area contributed by atoms with Gasteiger partial charge in [0, 0.05) is 7.05 Å². The summed E-state index contributed by atoms with van der Waals surface area (Å²) in [6, 6.07) is 0. The van der Waals surface area contributed by atoms with Crippen LogP contribution in [0.2, 0.25) is 0 Å². The van der Waals surface area contributed by atoms with Crippen LogP contribution in [0.1, 0.15) is 13.2 Å². The van der Waals surface area contributed by atoms with Gasteiger partial charge in [-0.2, -0.15) is 15.4 Å². The van der Waals surface area contributed by atoms with Crippen LogP contribution in [-0.4, -0.2) is 83.0 Å². The van der Waals surface area contributed by atoms with E-state index in [4.69, 9.17) is 9.57 Å². The quantitative estimate of drug-likeness (QED) is 0.296. The number of amides is 1. The van der Waals surface area contributed by atoms with Crippen molar-refractivity contribution in [1.82, 2.24) is 40.2 Å². The summed E-state index contributed by atoms with van der Waals surface area (Å²) in [6.07, 6.45) is -2.33. The number of nitrogens with one attached hydrogen (secondary N) is 3. The Morgan fingerprint density at radius 1 is 1.38 bits per heavy atom. The minimum Gasteiger partial charge on any atom is -0.387 e. The third kappa shape index (κ3) is 3.27. The molecule has 0 aliphatic carbocycles. The molecule has 14 heteroatoms. The van der Waals surface area contributed by atoms with Crippen molar-refractivity contribution in [1.29, 1.82) is 0 Å². The van der Waals surface area contributed by atoms with Gasteiger partial charge >= 0.3 is 0 Å². The second-order valence-corrected chi connectivity index (χ2v) is 6.15. The molecule has 5 N–H and O–H groups in total. The number of nitrogens with zero attached hydrogens (tertiary/aromatic N) is 6. The molecule has 154 valence electrons. The van der Waals surface area contributed by atoms with Crippen LogP contribution in [0.3, 0.4) is 0 Å². The molecule has 14 nitrogen and oxygen atoms in total. The Hall–Kier alpha value is -3.20. The van der Waals surface area contributed by atoms with Crippen molar-refractivity contribution in [3.8, 4) is 11.5 Å². The maximum atomic E-state index is 11.9. The molecule has 1 aliphatic rings. The van der Waals surface area contributed by atoms with E-state index in [1.54, 1.807) is 6.92 Å². The van der Waals surface area contributed by atoms with Gasteiger partial charge in [-0.3, -0.25) is 14.2 Å². The van der Waals surface area contributed by atoms with Crippen molar-refractivity contribution in [3.63, 3.8) is 0 Å². The fourth-order valence-electron chi connectivity index (χ4n) is 2.99. The zero-order valence-electron chi connectivity index (χ0n) is 15.5. The summed E-state index contributed by atoms with van der Waals surface area (Å²) < 4.78 is 7.02. The van der Waals surface area contributed by atoms with E-state index in [0.717, 1.165) is 0 Å². The van der Waals surface area contributed by atoms with Crippen LogP contribution in [0.5, 0.6) is 0 Å². The van der Waals surface area contributed by atoms with Gasteiger partial charge in [0.15, 0.2) is 35.1 Å². The Balaban J connectivity index is 1.79. The molecule has 1 amide bonds. The lowest BCUT2D eigenvalue weighted by atomic mass is 10.1. The lowest BCUT2D eigenvalue weighted by molar-refractivity contribution is -0.137. The van der Waals surface area contributed by atoms with E-state index in [1.807, 2.05) is 0 Å². The number of likely N-dealkylation sites (N-methyl/N-ethyl adjacent to an activating group) is 1. The van der Waals surface area contributed by atoms with E-state index in [1.165, 1.54) is 24.1 Å². The smallest absolute Gasteiger partial charge is 0.251 e. The topological polar surface area (TPSA) is 185 Å². The first-order valence-electron chi connectivity index (χ1n) is 8.76. The number of hydrogen-bond acceptors (Lipinski definition) is 11. The first kappa shape index (κ1) is 19.1. The number of H-pyrrole nitrogens is 1. The van der Waals surface area contributed by atoms with E-state index in [0.29, 0.717) is 17.8 Å². The van der Waals surface area contributed by atoms with Gasteiger partial charge in [-0.25, -0.2) is 20.4 Å². The number of aliphatic hydroxyl groups is 2. The number of hydrogen-bond donors (Lipinski definition) is 5. The average Bonchev–Trinajstić information content (AvgIpc) is 3.46. The summed E-state index contributed by atoms with van der Waals surface area (Å²) in [7, 11) is 1.41. The molecular weight excluding hydrogens is 386 g/mol. The van der Waals surface area contributed by atoms with Crippen LogP contribution in [-0.2, 0) is 14.4 Å². The van der Waals surface area contributed by atoms with Gasteiger partial charge in [0.05, 0.1) is 19.1 Å². The van der Waals surface area contributed by atoms with E-state index in [9.17, 15) is 15.0 Å². The summed E-state index contributed by atoms with van der Waals surface area (Å²) in [5.41, 5.74) is 3.67. The highest BCUT2D eigenvalue weighted by atomic mass is 16.6. The van der Waals surface area contributed by atoms with E-state index in [-0.39, 0.29) is 17.3 Å². The highest BCUT2D eigenvalue weighted by Crippen LogP contribution is 2.33. The lowest BCUT2D eigenvalue weighted by Crippen LogP contribution is -2.41. The van der Waals surface area contributed by atoms with Crippen molar-refractivity contribution in [2.24, 2.45) is 0 Å². The molecule has 3 aromatic heterocycles. The Morgan fingerprint density at radius 2 is 2.21 bits per heavy atom.